The van der Waals surface area contributed by atoms with Crippen molar-refractivity contribution in [2.75, 3.05) is 0 Å². The van der Waals surface area contributed by atoms with Gasteiger partial charge < -0.3 is 10.3 Å². The summed E-state index contributed by atoms with van der Waals surface area (Å²) in [5.74, 6) is -0.0737. The molecule has 1 amide bonds. The van der Waals surface area contributed by atoms with Gasteiger partial charge in [0.05, 0.1) is 0 Å². The van der Waals surface area contributed by atoms with Crippen LogP contribution in [0.1, 0.15) is 36.4 Å². The van der Waals surface area contributed by atoms with Gasteiger partial charge >= 0.3 is 0 Å². The highest BCUT2D eigenvalue weighted by atomic mass is 16.1. The van der Waals surface area contributed by atoms with Gasteiger partial charge in [-0.1, -0.05) is 19.6 Å². The molecular weight excluding hydrogens is 236 g/mol. The molecule has 3 heteroatoms. The maximum atomic E-state index is 11.7. The number of aryl methyl sites for hydroxylation is 1. The molecule has 0 aliphatic carbocycles. The van der Waals surface area contributed by atoms with Gasteiger partial charge in [0.25, 0.3) is 5.91 Å². The topological polar surface area (TPSA) is 44.9 Å². The van der Waals surface area contributed by atoms with E-state index in [9.17, 15) is 4.79 Å². The number of H-pyrrole nitrogens is 1. The Bertz CT molecular complexity index is 615. The van der Waals surface area contributed by atoms with Crippen molar-refractivity contribution in [1.29, 1.82) is 0 Å². The van der Waals surface area contributed by atoms with E-state index >= 15 is 0 Å². The Morgan fingerprint density at radius 1 is 1.26 bits per heavy atom. The van der Waals surface area contributed by atoms with Crippen molar-refractivity contribution in [3.63, 3.8) is 0 Å². The molecule has 0 bridgehead atoms. The predicted molar refractivity (Wildman–Crippen MR) is 78.7 cm³/mol. The van der Waals surface area contributed by atoms with Gasteiger partial charge in [-0.3, -0.25) is 4.79 Å². The summed E-state index contributed by atoms with van der Waals surface area (Å²) in [6.07, 6.45) is 4.62. The maximum absolute atomic E-state index is 11.7. The van der Waals surface area contributed by atoms with Gasteiger partial charge in [-0.2, -0.15) is 0 Å². The van der Waals surface area contributed by atoms with Gasteiger partial charge in [0.15, 0.2) is 0 Å². The summed E-state index contributed by atoms with van der Waals surface area (Å²) in [6, 6.07) is 0. The number of nitrogens with one attached hydrogen (secondary N) is 2. The average molecular weight is 256 g/mol. The van der Waals surface area contributed by atoms with Crippen LogP contribution in [0.5, 0.6) is 0 Å². The van der Waals surface area contributed by atoms with E-state index in [4.69, 9.17) is 0 Å². The third-order valence-corrected chi connectivity index (χ3v) is 3.78. The van der Waals surface area contributed by atoms with Gasteiger partial charge in [-0.05, 0) is 50.0 Å². The molecule has 0 atom stereocenters. The number of carbonyl (C=O) groups is 1. The van der Waals surface area contributed by atoms with E-state index in [1.165, 1.54) is 16.8 Å². The van der Waals surface area contributed by atoms with Crippen LogP contribution in [-0.4, -0.2) is 10.9 Å². The van der Waals surface area contributed by atoms with Crippen molar-refractivity contribution in [1.82, 2.24) is 10.3 Å². The summed E-state index contributed by atoms with van der Waals surface area (Å²) in [7, 11) is 0. The van der Waals surface area contributed by atoms with E-state index in [-0.39, 0.29) is 5.91 Å². The summed E-state index contributed by atoms with van der Waals surface area (Å²) in [5.41, 5.74) is 7.32. The van der Waals surface area contributed by atoms with Crippen LogP contribution in [0.3, 0.4) is 0 Å². The lowest BCUT2D eigenvalue weighted by molar-refractivity contribution is -0.115. The van der Waals surface area contributed by atoms with Crippen molar-refractivity contribution >= 4 is 12.0 Å². The highest BCUT2D eigenvalue weighted by Gasteiger charge is 2.22. The summed E-state index contributed by atoms with van der Waals surface area (Å²) >= 11 is 0. The van der Waals surface area contributed by atoms with Crippen LogP contribution in [0.2, 0.25) is 0 Å². The van der Waals surface area contributed by atoms with Crippen molar-refractivity contribution in [3.05, 3.63) is 52.0 Å². The Morgan fingerprint density at radius 2 is 1.95 bits per heavy atom. The Balaban J connectivity index is 2.47. The molecule has 0 radical (unpaired) electrons. The largest absolute Gasteiger partial charge is 0.359 e. The number of amides is 1. The Labute approximate surface area is 114 Å². The molecule has 19 heavy (non-hydrogen) atoms. The average Bonchev–Trinajstić information content (AvgIpc) is 2.78. The molecule has 1 aromatic heterocycles. The fraction of sp³-hybridized carbons (Fsp3) is 0.312. The number of aromatic nitrogens is 1. The summed E-state index contributed by atoms with van der Waals surface area (Å²) < 4.78 is 0. The van der Waals surface area contributed by atoms with Gasteiger partial charge in [-0.15, -0.1) is 0 Å². The Morgan fingerprint density at radius 3 is 2.42 bits per heavy atom. The van der Waals surface area contributed by atoms with Crippen LogP contribution >= 0.6 is 0 Å². The number of aromatic amines is 1. The van der Waals surface area contributed by atoms with Crippen molar-refractivity contribution in [3.8, 4) is 0 Å². The van der Waals surface area contributed by atoms with E-state index in [2.05, 4.69) is 37.7 Å². The third-order valence-electron chi connectivity index (χ3n) is 3.78. The van der Waals surface area contributed by atoms with Crippen LogP contribution in [0, 0.1) is 13.8 Å². The second-order valence-electron chi connectivity index (χ2n) is 4.88. The van der Waals surface area contributed by atoms with Gasteiger partial charge in [0, 0.05) is 22.7 Å². The van der Waals surface area contributed by atoms with Gasteiger partial charge in [0.1, 0.15) is 0 Å². The zero-order valence-corrected chi connectivity index (χ0v) is 12.0. The Hall–Kier alpha value is -2.03. The number of allylic oxidation sites excluding steroid dienone is 1. The van der Waals surface area contributed by atoms with Crippen LogP contribution in [-0.2, 0) is 11.2 Å². The van der Waals surface area contributed by atoms with Crippen molar-refractivity contribution in [2.24, 2.45) is 0 Å². The van der Waals surface area contributed by atoms with Crippen LogP contribution in [0.25, 0.3) is 6.08 Å². The molecule has 0 fully saturated rings. The molecular formula is C16H20N2O. The number of rotatable bonds is 3. The fourth-order valence-corrected chi connectivity index (χ4v) is 2.62. The SMILES string of the molecule is C=CC1=C(C)/C(=C/c2[nH]c(C)c(CC)c2C)NC1=O. The lowest BCUT2D eigenvalue weighted by Crippen LogP contribution is -2.15. The molecule has 1 aromatic rings. The lowest BCUT2D eigenvalue weighted by atomic mass is 10.1. The minimum Gasteiger partial charge on any atom is -0.359 e. The van der Waals surface area contributed by atoms with E-state index in [1.54, 1.807) is 6.08 Å². The highest BCUT2D eigenvalue weighted by molar-refractivity contribution is 6.03. The van der Waals surface area contributed by atoms with Crippen molar-refractivity contribution < 1.29 is 4.79 Å². The van der Waals surface area contributed by atoms with E-state index in [0.29, 0.717) is 5.57 Å². The standard InChI is InChI=1S/C16H20N2O/c1-6-12-9(3)14(17-11(12)5)8-15-10(4)13(7-2)16(19)18-15/h7-8,17H,2,6H2,1,3-5H3,(H,18,19)/b15-8-. The molecule has 0 spiro atoms. The molecule has 100 valence electrons. The summed E-state index contributed by atoms with van der Waals surface area (Å²) in [6.45, 7) is 12.0. The molecule has 2 rings (SSSR count). The molecule has 0 unspecified atom stereocenters. The second-order valence-corrected chi connectivity index (χ2v) is 4.88. The minimum atomic E-state index is -0.0737. The monoisotopic (exact) mass is 256 g/mol. The first-order valence-electron chi connectivity index (χ1n) is 6.54. The Kier molecular flexibility index (Phi) is 3.47. The van der Waals surface area contributed by atoms with Crippen LogP contribution in [0.15, 0.2) is 29.5 Å². The summed E-state index contributed by atoms with van der Waals surface area (Å²) in [5, 5.41) is 2.88. The number of hydrogen-bond donors (Lipinski definition) is 2. The molecule has 0 saturated heterocycles. The smallest absolute Gasteiger partial charge is 0.255 e. The van der Waals surface area contributed by atoms with Crippen LogP contribution in [0.4, 0.5) is 0 Å². The predicted octanol–water partition coefficient (Wildman–Crippen LogP) is 3.17. The van der Waals surface area contributed by atoms with Crippen LogP contribution < -0.4 is 5.32 Å². The fourth-order valence-electron chi connectivity index (χ4n) is 2.62. The lowest BCUT2D eigenvalue weighted by Gasteiger charge is -2.01. The molecule has 1 aliphatic heterocycles. The molecule has 0 saturated carbocycles. The number of carbonyl (C=O) groups excluding carboxylic acids is 1. The molecule has 2 heterocycles. The minimum absolute atomic E-state index is 0.0737. The number of hydrogen-bond acceptors (Lipinski definition) is 1. The van der Waals surface area contributed by atoms with E-state index in [0.717, 1.165) is 23.4 Å². The van der Waals surface area contributed by atoms with Gasteiger partial charge in [-0.25, -0.2) is 0 Å². The zero-order valence-electron chi connectivity index (χ0n) is 12.0. The van der Waals surface area contributed by atoms with Gasteiger partial charge in [0.2, 0.25) is 0 Å². The molecule has 2 N–H and O–H groups in total. The first kappa shape index (κ1) is 13.4. The molecule has 1 aliphatic rings. The molecule has 0 aromatic carbocycles. The quantitative estimate of drug-likeness (QED) is 0.857. The zero-order chi connectivity index (χ0) is 14.2. The molecule has 3 nitrogen and oxygen atoms in total. The van der Waals surface area contributed by atoms with Crippen molar-refractivity contribution in [2.45, 2.75) is 34.1 Å². The highest BCUT2D eigenvalue weighted by Crippen LogP contribution is 2.25. The van der Waals surface area contributed by atoms with E-state index in [1.807, 2.05) is 13.0 Å². The maximum Gasteiger partial charge on any atom is 0.255 e. The van der Waals surface area contributed by atoms with E-state index < -0.39 is 0 Å². The second kappa shape index (κ2) is 4.92. The first-order chi connectivity index (χ1) is 8.99. The third kappa shape index (κ3) is 2.16. The first-order valence-corrected chi connectivity index (χ1v) is 6.54. The normalized spacial score (nSPS) is 17.3. The summed E-state index contributed by atoms with van der Waals surface area (Å²) in [4.78, 5) is 15.1.